The second kappa shape index (κ2) is 5.31. The minimum atomic E-state index is -1.25. The largest absolute Gasteiger partial charge is 0.480 e. The minimum Gasteiger partial charge on any atom is -0.480 e. The third-order valence-electron chi connectivity index (χ3n) is 2.83. The van der Waals surface area contributed by atoms with Gasteiger partial charge in [0, 0.05) is 6.54 Å². The van der Waals surface area contributed by atoms with Gasteiger partial charge in [-0.1, -0.05) is 0 Å². The molecule has 1 heterocycles. The molecule has 19 heavy (non-hydrogen) atoms. The van der Waals surface area contributed by atoms with E-state index in [1.807, 2.05) is 0 Å². The van der Waals surface area contributed by atoms with Crippen LogP contribution in [0.5, 0.6) is 0 Å². The second-order valence-electron chi connectivity index (χ2n) is 4.05. The van der Waals surface area contributed by atoms with E-state index >= 15 is 0 Å². The third kappa shape index (κ3) is 2.70. The standard InChI is InChI=1S/C12H11F2NO4/c13-7-1-2-9(14)8(5-7)11(16)15-3-4-19-6-10(15)12(17)18/h1-2,5,10H,3-4,6H2,(H,17,18). The molecule has 1 saturated heterocycles. The van der Waals surface area contributed by atoms with Gasteiger partial charge in [-0.25, -0.2) is 13.6 Å². The number of benzene rings is 1. The van der Waals surface area contributed by atoms with E-state index in [9.17, 15) is 18.4 Å². The molecular formula is C12H11F2NO4. The molecule has 0 radical (unpaired) electrons. The summed E-state index contributed by atoms with van der Waals surface area (Å²) >= 11 is 0. The van der Waals surface area contributed by atoms with Crippen molar-refractivity contribution in [1.29, 1.82) is 0 Å². The second-order valence-corrected chi connectivity index (χ2v) is 4.05. The Kier molecular flexibility index (Phi) is 3.75. The number of amides is 1. The normalized spacial score (nSPS) is 19.3. The highest BCUT2D eigenvalue weighted by Gasteiger charge is 2.34. The Bertz CT molecular complexity index is 520. The Morgan fingerprint density at radius 1 is 1.37 bits per heavy atom. The summed E-state index contributed by atoms with van der Waals surface area (Å²) in [6.45, 7) is 0.0101. The molecule has 0 aromatic heterocycles. The fourth-order valence-corrected chi connectivity index (χ4v) is 1.87. The van der Waals surface area contributed by atoms with Crippen molar-refractivity contribution in [2.24, 2.45) is 0 Å². The van der Waals surface area contributed by atoms with Gasteiger partial charge in [-0.05, 0) is 18.2 Å². The van der Waals surface area contributed by atoms with E-state index in [0.717, 1.165) is 23.1 Å². The van der Waals surface area contributed by atoms with Crippen LogP contribution in [0.4, 0.5) is 8.78 Å². The van der Waals surface area contributed by atoms with E-state index in [-0.39, 0.29) is 19.8 Å². The van der Waals surface area contributed by atoms with Gasteiger partial charge >= 0.3 is 5.97 Å². The summed E-state index contributed by atoms with van der Waals surface area (Å²) in [4.78, 5) is 24.1. The number of carbonyl (C=O) groups is 2. The monoisotopic (exact) mass is 271 g/mol. The molecule has 1 aliphatic heterocycles. The van der Waals surface area contributed by atoms with Crippen molar-refractivity contribution in [1.82, 2.24) is 4.90 Å². The molecular weight excluding hydrogens is 260 g/mol. The van der Waals surface area contributed by atoms with Crippen LogP contribution in [0.15, 0.2) is 18.2 Å². The number of hydrogen-bond donors (Lipinski definition) is 1. The summed E-state index contributed by atoms with van der Waals surface area (Å²) in [5.41, 5.74) is -0.479. The molecule has 5 nitrogen and oxygen atoms in total. The number of carbonyl (C=O) groups excluding carboxylic acids is 1. The molecule has 102 valence electrons. The van der Waals surface area contributed by atoms with Crippen molar-refractivity contribution < 1.29 is 28.2 Å². The Morgan fingerprint density at radius 3 is 2.79 bits per heavy atom. The predicted octanol–water partition coefficient (Wildman–Crippen LogP) is 0.890. The predicted molar refractivity (Wildman–Crippen MR) is 59.6 cm³/mol. The molecule has 0 aliphatic carbocycles. The highest BCUT2D eigenvalue weighted by Crippen LogP contribution is 2.16. The Balaban J connectivity index is 2.31. The van der Waals surface area contributed by atoms with Crippen molar-refractivity contribution in [2.45, 2.75) is 6.04 Å². The van der Waals surface area contributed by atoms with E-state index in [0.29, 0.717) is 0 Å². The summed E-state index contributed by atoms with van der Waals surface area (Å²) in [6.07, 6.45) is 0. The molecule has 1 amide bonds. The van der Waals surface area contributed by atoms with Gasteiger partial charge in [-0.3, -0.25) is 4.79 Å². The van der Waals surface area contributed by atoms with Gasteiger partial charge in [-0.2, -0.15) is 0 Å². The number of nitrogens with zero attached hydrogens (tertiary/aromatic N) is 1. The quantitative estimate of drug-likeness (QED) is 0.867. The lowest BCUT2D eigenvalue weighted by Crippen LogP contribution is -2.52. The molecule has 2 rings (SSSR count). The minimum absolute atomic E-state index is 0.0196. The van der Waals surface area contributed by atoms with E-state index in [1.54, 1.807) is 0 Å². The molecule has 0 bridgehead atoms. The Labute approximate surface area is 107 Å². The van der Waals surface area contributed by atoms with E-state index in [2.05, 4.69) is 0 Å². The molecule has 0 saturated carbocycles. The van der Waals surface area contributed by atoms with Gasteiger partial charge in [0.1, 0.15) is 11.6 Å². The van der Waals surface area contributed by atoms with Crippen molar-refractivity contribution in [3.05, 3.63) is 35.4 Å². The average Bonchev–Trinajstić information content (AvgIpc) is 2.40. The fraction of sp³-hybridized carbons (Fsp3) is 0.333. The van der Waals surface area contributed by atoms with Gasteiger partial charge in [0.15, 0.2) is 6.04 Å². The van der Waals surface area contributed by atoms with Crippen LogP contribution >= 0.6 is 0 Å². The van der Waals surface area contributed by atoms with Crippen LogP contribution in [-0.2, 0) is 9.53 Å². The first-order valence-corrected chi connectivity index (χ1v) is 5.57. The maximum Gasteiger partial charge on any atom is 0.328 e. The molecule has 1 fully saturated rings. The lowest BCUT2D eigenvalue weighted by molar-refractivity contribution is -0.147. The number of morpholine rings is 1. The van der Waals surface area contributed by atoms with Crippen molar-refractivity contribution in [3.8, 4) is 0 Å². The Morgan fingerprint density at radius 2 is 2.11 bits per heavy atom. The van der Waals surface area contributed by atoms with Crippen LogP contribution in [0, 0.1) is 11.6 Å². The number of aliphatic carboxylic acids is 1. The zero-order valence-electron chi connectivity index (χ0n) is 9.81. The summed E-state index contributed by atoms with van der Waals surface area (Å²) in [5, 5.41) is 8.99. The fourth-order valence-electron chi connectivity index (χ4n) is 1.87. The van der Waals surface area contributed by atoms with E-state index < -0.39 is 35.1 Å². The number of ether oxygens (including phenoxy) is 1. The Hall–Kier alpha value is -2.02. The van der Waals surface area contributed by atoms with Crippen LogP contribution in [0.3, 0.4) is 0 Å². The molecule has 0 spiro atoms. The summed E-state index contributed by atoms with van der Waals surface area (Å²) in [7, 11) is 0. The van der Waals surface area contributed by atoms with Gasteiger partial charge in [-0.15, -0.1) is 0 Å². The first-order chi connectivity index (χ1) is 9.00. The molecule has 1 aliphatic rings. The first-order valence-electron chi connectivity index (χ1n) is 5.57. The molecule has 1 N–H and O–H groups in total. The van der Waals surface area contributed by atoms with Crippen molar-refractivity contribution in [3.63, 3.8) is 0 Å². The summed E-state index contributed by atoms with van der Waals surface area (Å²) < 4.78 is 31.5. The zero-order chi connectivity index (χ0) is 14.0. The van der Waals surface area contributed by atoms with Gasteiger partial charge in [0.05, 0.1) is 18.8 Å². The van der Waals surface area contributed by atoms with Gasteiger partial charge in [0.2, 0.25) is 0 Å². The highest BCUT2D eigenvalue weighted by atomic mass is 19.1. The van der Waals surface area contributed by atoms with Crippen molar-refractivity contribution in [2.75, 3.05) is 19.8 Å². The average molecular weight is 271 g/mol. The van der Waals surface area contributed by atoms with Crippen LogP contribution < -0.4 is 0 Å². The van der Waals surface area contributed by atoms with Crippen molar-refractivity contribution >= 4 is 11.9 Å². The topological polar surface area (TPSA) is 66.8 Å². The highest BCUT2D eigenvalue weighted by molar-refractivity contribution is 5.97. The number of rotatable bonds is 2. The van der Waals surface area contributed by atoms with Crippen LogP contribution in [0.25, 0.3) is 0 Å². The molecule has 1 unspecified atom stereocenters. The number of halogens is 2. The molecule has 7 heteroatoms. The molecule has 1 aromatic rings. The zero-order valence-corrected chi connectivity index (χ0v) is 9.81. The lowest BCUT2D eigenvalue weighted by atomic mass is 10.1. The maximum atomic E-state index is 13.5. The van der Waals surface area contributed by atoms with Crippen LogP contribution in [-0.4, -0.2) is 47.7 Å². The first kappa shape index (κ1) is 13.4. The van der Waals surface area contributed by atoms with Crippen LogP contribution in [0.2, 0.25) is 0 Å². The smallest absolute Gasteiger partial charge is 0.328 e. The number of hydrogen-bond acceptors (Lipinski definition) is 3. The summed E-state index contributed by atoms with van der Waals surface area (Å²) in [6, 6.07) is 1.29. The number of carboxylic acid groups (broad SMARTS) is 1. The van der Waals surface area contributed by atoms with E-state index in [1.165, 1.54) is 0 Å². The molecule has 1 atom stereocenters. The van der Waals surface area contributed by atoms with Gasteiger partial charge in [0.25, 0.3) is 5.91 Å². The summed E-state index contributed by atoms with van der Waals surface area (Å²) in [5.74, 6) is -3.75. The maximum absolute atomic E-state index is 13.5. The lowest BCUT2D eigenvalue weighted by Gasteiger charge is -2.32. The van der Waals surface area contributed by atoms with Crippen LogP contribution in [0.1, 0.15) is 10.4 Å². The molecule has 1 aromatic carbocycles. The number of carboxylic acids is 1. The third-order valence-corrected chi connectivity index (χ3v) is 2.83. The SMILES string of the molecule is O=C(O)C1COCCN1C(=O)c1cc(F)ccc1F. The van der Waals surface area contributed by atoms with Gasteiger partial charge < -0.3 is 14.7 Å². The van der Waals surface area contributed by atoms with E-state index in [4.69, 9.17) is 9.84 Å².